The Hall–Kier alpha value is -1.46. The first-order valence-electron chi connectivity index (χ1n) is 6.26. The van der Waals surface area contributed by atoms with Crippen molar-refractivity contribution in [2.24, 2.45) is 0 Å². The molecule has 1 atom stereocenters. The zero-order valence-electron chi connectivity index (χ0n) is 11.1. The summed E-state index contributed by atoms with van der Waals surface area (Å²) in [4.78, 5) is 18.9. The highest BCUT2D eigenvalue weighted by atomic mass is 35.5. The van der Waals surface area contributed by atoms with Gasteiger partial charge in [0.2, 0.25) is 5.91 Å². The largest absolute Gasteiger partial charge is 0.347 e. The van der Waals surface area contributed by atoms with E-state index in [0.717, 1.165) is 22.2 Å². The summed E-state index contributed by atoms with van der Waals surface area (Å²) in [6.45, 7) is 1.90. The summed E-state index contributed by atoms with van der Waals surface area (Å²) >= 11 is 7.47. The molecule has 6 heteroatoms. The first-order valence-corrected chi connectivity index (χ1v) is 7.79. The molecule has 1 aromatic heterocycles. The van der Waals surface area contributed by atoms with Crippen molar-refractivity contribution in [2.75, 3.05) is 5.75 Å². The zero-order chi connectivity index (χ0) is 14.4. The van der Waals surface area contributed by atoms with Crippen molar-refractivity contribution in [3.05, 3.63) is 53.1 Å². The summed E-state index contributed by atoms with van der Waals surface area (Å²) in [5, 5.41) is 3.62. The van der Waals surface area contributed by atoms with Gasteiger partial charge >= 0.3 is 0 Å². The molecule has 0 bridgehead atoms. The second-order valence-corrected chi connectivity index (χ2v) is 5.81. The van der Waals surface area contributed by atoms with Crippen LogP contribution < -0.4 is 5.32 Å². The quantitative estimate of drug-likeness (QED) is 0.861. The van der Waals surface area contributed by atoms with Crippen molar-refractivity contribution < 1.29 is 4.79 Å². The van der Waals surface area contributed by atoms with Crippen LogP contribution >= 0.6 is 23.4 Å². The summed E-state index contributed by atoms with van der Waals surface area (Å²) < 4.78 is 0. The highest BCUT2D eigenvalue weighted by Gasteiger charge is 2.11. The summed E-state index contributed by atoms with van der Waals surface area (Å²) in [5.74, 6) is 1.94. The SMILES string of the molecule is CC(NC(=O)CSCc1cccc(Cl)c1)c1ncc[nH]1. The molecule has 2 aromatic rings. The Kier molecular flexibility index (Phi) is 5.49. The maximum Gasteiger partial charge on any atom is 0.230 e. The molecule has 0 fully saturated rings. The van der Waals surface area contributed by atoms with Crippen LogP contribution in [-0.2, 0) is 10.5 Å². The molecule has 0 aliphatic rings. The third-order valence-corrected chi connectivity index (χ3v) is 3.94. The van der Waals surface area contributed by atoms with E-state index in [2.05, 4.69) is 15.3 Å². The highest BCUT2D eigenvalue weighted by molar-refractivity contribution is 7.99. The maximum atomic E-state index is 11.8. The molecule has 4 nitrogen and oxygen atoms in total. The minimum atomic E-state index is -0.107. The van der Waals surface area contributed by atoms with Gasteiger partial charge in [0.1, 0.15) is 5.82 Å². The third-order valence-electron chi connectivity index (χ3n) is 2.70. The van der Waals surface area contributed by atoms with Crippen LogP contribution in [0.15, 0.2) is 36.7 Å². The lowest BCUT2D eigenvalue weighted by Crippen LogP contribution is -2.28. The van der Waals surface area contributed by atoms with E-state index in [4.69, 9.17) is 11.6 Å². The minimum absolute atomic E-state index is 0.000859. The number of carbonyl (C=O) groups is 1. The van der Waals surface area contributed by atoms with E-state index in [-0.39, 0.29) is 11.9 Å². The summed E-state index contributed by atoms with van der Waals surface area (Å²) in [7, 11) is 0. The average Bonchev–Trinajstić information content (AvgIpc) is 2.92. The van der Waals surface area contributed by atoms with Gasteiger partial charge in [-0.25, -0.2) is 4.98 Å². The molecule has 1 amide bonds. The predicted octanol–water partition coefficient (Wildman–Crippen LogP) is 3.17. The first-order chi connectivity index (χ1) is 9.65. The van der Waals surface area contributed by atoms with Gasteiger partial charge in [-0.1, -0.05) is 23.7 Å². The van der Waals surface area contributed by atoms with Gasteiger partial charge < -0.3 is 10.3 Å². The molecule has 1 aromatic carbocycles. The number of hydrogen-bond donors (Lipinski definition) is 2. The Morgan fingerprint density at radius 2 is 2.40 bits per heavy atom. The van der Waals surface area contributed by atoms with Crippen molar-refractivity contribution in [1.29, 1.82) is 0 Å². The monoisotopic (exact) mass is 309 g/mol. The van der Waals surface area contributed by atoms with Gasteiger partial charge in [-0.15, -0.1) is 11.8 Å². The Morgan fingerprint density at radius 3 is 3.10 bits per heavy atom. The molecule has 20 heavy (non-hydrogen) atoms. The van der Waals surface area contributed by atoms with Gasteiger partial charge in [-0.2, -0.15) is 0 Å². The van der Waals surface area contributed by atoms with Crippen molar-refractivity contribution in [3.63, 3.8) is 0 Å². The Balaban J connectivity index is 1.73. The Bertz CT molecular complexity index is 559. The number of imidazole rings is 1. The fraction of sp³-hybridized carbons (Fsp3) is 0.286. The van der Waals surface area contributed by atoms with Crippen molar-refractivity contribution >= 4 is 29.3 Å². The van der Waals surface area contributed by atoms with Crippen molar-refractivity contribution in [2.45, 2.75) is 18.7 Å². The van der Waals surface area contributed by atoms with E-state index in [9.17, 15) is 4.79 Å². The van der Waals surface area contributed by atoms with Gasteiger partial charge in [0, 0.05) is 23.2 Å². The van der Waals surface area contributed by atoms with Crippen LogP contribution in [0.25, 0.3) is 0 Å². The summed E-state index contributed by atoms with van der Waals surface area (Å²) in [6.07, 6.45) is 3.41. The number of rotatable bonds is 6. The summed E-state index contributed by atoms with van der Waals surface area (Å²) in [6, 6.07) is 7.56. The number of thioether (sulfide) groups is 1. The molecule has 0 radical (unpaired) electrons. The van der Waals surface area contributed by atoms with Crippen LogP contribution in [0, 0.1) is 0 Å². The van der Waals surface area contributed by atoms with Gasteiger partial charge in [0.25, 0.3) is 0 Å². The van der Waals surface area contributed by atoms with Crippen LogP contribution in [0.5, 0.6) is 0 Å². The number of aromatic amines is 1. The van der Waals surface area contributed by atoms with Crippen LogP contribution in [0.3, 0.4) is 0 Å². The number of benzene rings is 1. The van der Waals surface area contributed by atoms with E-state index < -0.39 is 0 Å². The summed E-state index contributed by atoms with van der Waals surface area (Å²) in [5.41, 5.74) is 1.12. The number of nitrogens with one attached hydrogen (secondary N) is 2. The van der Waals surface area contributed by atoms with E-state index in [0.29, 0.717) is 5.75 Å². The zero-order valence-corrected chi connectivity index (χ0v) is 12.7. The topological polar surface area (TPSA) is 57.8 Å². The van der Waals surface area contributed by atoms with E-state index in [1.807, 2.05) is 31.2 Å². The Labute approximate surface area is 127 Å². The number of H-pyrrole nitrogens is 1. The standard InChI is InChI=1S/C14H16ClN3OS/c1-10(14-16-5-6-17-14)18-13(19)9-20-8-11-3-2-4-12(15)7-11/h2-7,10H,8-9H2,1H3,(H,16,17)(H,18,19). The average molecular weight is 310 g/mol. The van der Waals surface area contributed by atoms with Crippen molar-refractivity contribution in [1.82, 2.24) is 15.3 Å². The highest BCUT2D eigenvalue weighted by Crippen LogP contribution is 2.16. The van der Waals surface area contributed by atoms with Crippen LogP contribution in [0.4, 0.5) is 0 Å². The molecule has 0 saturated heterocycles. The molecule has 0 spiro atoms. The smallest absolute Gasteiger partial charge is 0.230 e. The first kappa shape index (κ1) is 14.9. The van der Waals surface area contributed by atoms with Crippen LogP contribution in [0.1, 0.15) is 24.4 Å². The lowest BCUT2D eigenvalue weighted by Gasteiger charge is -2.11. The molecular weight excluding hydrogens is 294 g/mol. The molecule has 0 aliphatic heterocycles. The molecule has 2 rings (SSSR count). The lowest BCUT2D eigenvalue weighted by molar-refractivity contribution is -0.119. The number of nitrogens with zero attached hydrogens (tertiary/aromatic N) is 1. The number of hydrogen-bond acceptors (Lipinski definition) is 3. The number of aromatic nitrogens is 2. The maximum absolute atomic E-state index is 11.8. The van der Waals surface area contributed by atoms with E-state index in [1.165, 1.54) is 0 Å². The van der Waals surface area contributed by atoms with Gasteiger partial charge in [0.15, 0.2) is 0 Å². The number of carbonyl (C=O) groups excluding carboxylic acids is 1. The van der Waals surface area contributed by atoms with Crippen LogP contribution in [-0.4, -0.2) is 21.6 Å². The van der Waals surface area contributed by atoms with Crippen molar-refractivity contribution in [3.8, 4) is 0 Å². The number of halogens is 1. The molecule has 0 saturated carbocycles. The van der Waals surface area contributed by atoms with E-state index >= 15 is 0 Å². The van der Waals surface area contributed by atoms with Gasteiger partial charge in [-0.3, -0.25) is 4.79 Å². The fourth-order valence-electron chi connectivity index (χ4n) is 1.75. The second-order valence-electron chi connectivity index (χ2n) is 4.39. The molecule has 106 valence electrons. The predicted molar refractivity (Wildman–Crippen MR) is 82.8 cm³/mol. The van der Waals surface area contributed by atoms with E-state index in [1.54, 1.807) is 24.2 Å². The van der Waals surface area contributed by atoms with Crippen LogP contribution in [0.2, 0.25) is 5.02 Å². The molecule has 2 N–H and O–H groups in total. The lowest BCUT2D eigenvalue weighted by atomic mass is 10.2. The Morgan fingerprint density at radius 1 is 1.55 bits per heavy atom. The normalized spacial score (nSPS) is 12.1. The fourth-order valence-corrected chi connectivity index (χ4v) is 2.75. The van der Waals surface area contributed by atoms with Gasteiger partial charge in [0.05, 0.1) is 11.8 Å². The third kappa shape index (κ3) is 4.58. The molecule has 1 heterocycles. The van der Waals surface area contributed by atoms with Gasteiger partial charge in [-0.05, 0) is 24.6 Å². The molecule has 0 aliphatic carbocycles. The molecule has 1 unspecified atom stereocenters. The molecular formula is C14H16ClN3OS. The number of amides is 1. The second kappa shape index (κ2) is 7.36. The minimum Gasteiger partial charge on any atom is -0.347 e.